The highest BCUT2D eigenvalue weighted by atomic mass is 35.5. The summed E-state index contributed by atoms with van der Waals surface area (Å²) in [6, 6.07) is 12.3. The van der Waals surface area contributed by atoms with Crippen LogP contribution in [0.3, 0.4) is 0 Å². The molecule has 5 rings (SSSR count). The van der Waals surface area contributed by atoms with E-state index in [1.54, 1.807) is 0 Å². The van der Waals surface area contributed by atoms with Gasteiger partial charge >= 0.3 is 0 Å². The molecule has 1 atom stereocenters. The number of hydrogen-bond donors (Lipinski definition) is 1. The number of H-pyrrole nitrogens is 1. The lowest BCUT2D eigenvalue weighted by atomic mass is 9.91. The molecule has 3 aromatic rings. The number of aryl methyl sites for hydroxylation is 2. The van der Waals surface area contributed by atoms with Gasteiger partial charge in [-0.2, -0.15) is 5.10 Å². The second-order valence-electron chi connectivity index (χ2n) is 9.14. The van der Waals surface area contributed by atoms with Gasteiger partial charge in [-0.1, -0.05) is 29.8 Å². The van der Waals surface area contributed by atoms with Gasteiger partial charge in [0.1, 0.15) is 0 Å². The van der Waals surface area contributed by atoms with Crippen molar-refractivity contribution in [3.8, 4) is 0 Å². The fourth-order valence-corrected chi connectivity index (χ4v) is 5.35. The number of rotatable bonds is 4. The summed E-state index contributed by atoms with van der Waals surface area (Å²) in [5.74, 6) is 0.311. The lowest BCUT2D eigenvalue weighted by Gasteiger charge is -2.32. The second-order valence-corrected chi connectivity index (χ2v) is 9.54. The molecule has 3 heterocycles. The van der Waals surface area contributed by atoms with Crippen molar-refractivity contribution < 1.29 is 4.79 Å². The van der Waals surface area contributed by atoms with E-state index >= 15 is 0 Å². The minimum Gasteiger partial charge on any atom is -0.337 e. The minimum absolute atomic E-state index is 0.0676. The molecule has 1 amide bonds. The van der Waals surface area contributed by atoms with E-state index in [-0.39, 0.29) is 11.8 Å². The van der Waals surface area contributed by atoms with E-state index < -0.39 is 0 Å². The molecule has 1 saturated heterocycles. The largest absolute Gasteiger partial charge is 0.337 e. The molecule has 1 aromatic carbocycles. The van der Waals surface area contributed by atoms with Crippen LogP contribution in [0.4, 0.5) is 0 Å². The first-order valence-electron chi connectivity index (χ1n) is 11.6. The molecule has 0 saturated carbocycles. The second kappa shape index (κ2) is 9.07. The summed E-state index contributed by atoms with van der Waals surface area (Å²) in [7, 11) is 0. The zero-order valence-electron chi connectivity index (χ0n) is 18.5. The smallest absolute Gasteiger partial charge is 0.274 e. The van der Waals surface area contributed by atoms with Gasteiger partial charge in [-0.05, 0) is 81.2 Å². The summed E-state index contributed by atoms with van der Waals surface area (Å²) in [6.07, 6.45) is 7.07. The Bertz CT molecular complexity index is 1140. The third kappa shape index (κ3) is 4.31. The SMILES string of the molecule is Cc1cc(Cc2ccccc2Cl)cc([C@@H]2CCCN(C(=O)c3n[nH]c4c3CCCC4)C2)n1. The van der Waals surface area contributed by atoms with Gasteiger partial charge in [-0.15, -0.1) is 0 Å². The van der Waals surface area contributed by atoms with Crippen LogP contribution in [0.25, 0.3) is 0 Å². The van der Waals surface area contributed by atoms with E-state index in [4.69, 9.17) is 16.6 Å². The van der Waals surface area contributed by atoms with Crippen LogP contribution in [0, 0.1) is 6.92 Å². The number of aromatic nitrogens is 3. The summed E-state index contributed by atoms with van der Waals surface area (Å²) in [4.78, 5) is 20.2. The van der Waals surface area contributed by atoms with Gasteiger partial charge in [0.2, 0.25) is 0 Å². The van der Waals surface area contributed by atoms with Gasteiger partial charge < -0.3 is 4.90 Å². The molecule has 0 bridgehead atoms. The van der Waals surface area contributed by atoms with Crippen molar-refractivity contribution in [3.05, 3.63) is 80.9 Å². The number of likely N-dealkylation sites (tertiary alicyclic amines) is 1. The quantitative estimate of drug-likeness (QED) is 0.592. The Kier molecular flexibility index (Phi) is 6.01. The number of piperidine rings is 1. The summed E-state index contributed by atoms with van der Waals surface area (Å²) in [5, 5.41) is 8.31. The van der Waals surface area contributed by atoms with Crippen LogP contribution in [-0.2, 0) is 19.3 Å². The Hall–Kier alpha value is -2.66. The third-order valence-corrected chi connectivity index (χ3v) is 7.14. The number of carbonyl (C=O) groups is 1. The summed E-state index contributed by atoms with van der Waals surface area (Å²) < 4.78 is 0. The lowest BCUT2D eigenvalue weighted by Crippen LogP contribution is -2.40. The predicted octanol–water partition coefficient (Wildman–Crippen LogP) is 5.26. The summed E-state index contributed by atoms with van der Waals surface area (Å²) in [6.45, 7) is 3.53. The fraction of sp³-hybridized carbons (Fsp3) is 0.423. The van der Waals surface area contributed by atoms with Gasteiger partial charge in [0.15, 0.2) is 5.69 Å². The summed E-state index contributed by atoms with van der Waals surface area (Å²) in [5.41, 5.74) is 7.34. The van der Waals surface area contributed by atoms with Crippen molar-refractivity contribution in [3.63, 3.8) is 0 Å². The number of nitrogens with one attached hydrogen (secondary N) is 1. The highest BCUT2D eigenvalue weighted by Crippen LogP contribution is 2.30. The number of pyridine rings is 1. The Labute approximate surface area is 194 Å². The van der Waals surface area contributed by atoms with E-state index in [9.17, 15) is 4.79 Å². The van der Waals surface area contributed by atoms with E-state index in [0.29, 0.717) is 12.2 Å². The monoisotopic (exact) mass is 448 g/mol. The predicted molar refractivity (Wildman–Crippen MR) is 126 cm³/mol. The Balaban J connectivity index is 1.35. The lowest BCUT2D eigenvalue weighted by molar-refractivity contribution is 0.0698. The molecule has 1 fully saturated rings. The van der Waals surface area contributed by atoms with Gasteiger partial charge in [0.25, 0.3) is 5.91 Å². The maximum absolute atomic E-state index is 13.3. The number of aromatic amines is 1. The van der Waals surface area contributed by atoms with Crippen LogP contribution >= 0.6 is 11.6 Å². The van der Waals surface area contributed by atoms with Crippen molar-refractivity contribution in [2.75, 3.05) is 13.1 Å². The van der Waals surface area contributed by atoms with Gasteiger partial charge in [0.05, 0.1) is 0 Å². The first-order chi connectivity index (χ1) is 15.6. The van der Waals surface area contributed by atoms with Crippen LogP contribution in [0.1, 0.15) is 75.9 Å². The maximum Gasteiger partial charge on any atom is 0.274 e. The molecule has 1 aliphatic carbocycles. The van der Waals surface area contributed by atoms with Crippen LogP contribution in [0.2, 0.25) is 5.02 Å². The van der Waals surface area contributed by atoms with Crippen molar-refractivity contribution >= 4 is 17.5 Å². The minimum atomic E-state index is 0.0676. The number of hydrogen-bond acceptors (Lipinski definition) is 3. The van der Waals surface area contributed by atoms with Gasteiger partial charge in [-0.25, -0.2) is 0 Å². The zero-order valence-corrected chi connectivity index (χ0v) is 19.3. The van der Waals surface area contributed by atoms with E-state index in [1.165, 1.54) is 12.0 Å². The average Bonchev–Trinajstić information content (AvgIpc) is 3.24. The topological polar surface area (TPSA) is 61.9 Å². The Morgan fingerprint density at radius 2 is 2.03 bits per heavy atom. The molecule has 166 valence electrons. The molecule has 1 aliphatic heterocycles. The van der Waals surface area contributed by atoms with E-state index in [1.807, 2.05) is 30.0 Å². The number of fused-ring (bicyclic) bond motifs is 1. The molecule has 2 aromatic heterocycles. The molecule has 0 spiro atoms. The highest BCUT2D eigenvalue weighted by molar-refractivity contribution is 6.31. The van der Waals surface area contributed by atoms with Crippen LogP contribution in [0.15, 0.2) is 36.4 Å². The van der Waals surface area contributed by atoms with E-state index in [2.05, 4.69) is 28.4 Å². The standard InChI is InChI=1S/C26H29ClN4O/c1-17-13-18(14-19-7-2-4-10-22(19)27)15-24(28-17)20-8-6-12-31(16-20)26(32)25-21-9-3-5-11-23(21)29-30-25/h2,4,7,10,13,15,20H,3,5-6,8-9,11-12,14,16H2,1H3,(H,29,30)/t20-/m1/s1. The van der Waals surface area contributed by atoms with E-state index in [0.717, 1.165) is 78.3 Å². The first kappa shape index (κ1) is 21.2. The molecule has 6 heteroatoms. The number of amides is 1. The molecule has 0 unspecified atom stereocenters. The maximum atomic E-state index is 13.3. The fourth-order valence-electron chi connectivity index (χ4n) is 5.15. The third-order valence-electron chi connectivity index (χ3n) is 6.77. The number of benzene rings is 1. The summed E-state index contributed by atoms with van der Waals surface area (Å²) >= 11 is 6.39. The van der Waals surface area contributed by atoms with Crippen molar-refractivity contribution in [1.82, 2.24) is 20.1 Å². The van der Waals surface area contributed by atoms with Crippen LogP contribution in [-0.4, -0.2) is 39.1 Å². The highest BCUT2D eigenvalue weighted by Gasteiger charge is 2.30. The molecule has 0 radical (unpaired) electrons. The molecule has 1 N–H and O–H groups in total. The molecule has 32 heavy (non-hydrogen) atoms. The normalized spacial score (nSPS) is 18.4. The number of halogens is 1. The van der Waals surface area contributed by atoms with Crippen LogP contribution < -0.4 is 0 Å². The zero-order chi connectivity index (χ0) is 22.1. The molecule has 5 nitrogen and oxygen atoms in total. The first-order valence-corrected chi connectivity index (χ1v) is 12.0. The molecular weight excluding hydrogens is 420 g/mol. The van der Waals surface area contributed by atoms with Crippen LogP contribution in [0.5, 0.6) is 0 Å². The van der Waals surface area contributed by atoms with Crippen molar-refractivity contribution in [1.29, 1.82) is 0 Å². The average molecular weight is 449 g/mol. The van der Waals surface area contributed by atoms with Gasteiger partial charge in [-0.3, -0.25) is 14.9 Å². The molecule has 2 aliphatic rings. The number of carbonyl (C=O) groups excluding carboxylic acids is 1. The Morgan fingerprint density at radius 1 is 1.19 bits per heavy atom. The Morgan fingerprint density at radius 3 is 2.91 bits per heavy atom. The van der Waals surface area contributed by atoms with Crippen molar-refractivity contribution in [2.24, 2.45) is 0 Å². The molecular formula is C26H29ClN4O. The number of nitrogens with zero attached hydrogens (tertiary/aromatic N) is 3. The van der Waals surface area contributed by atoms with Gasteiger partial charge in [0, 0.05) is 46.7 Å². The van der Waals surface area contributed by atoms with Crippen molar-refractivity contribution in [2.45, 2.75) is 57.8 Å².